The van der Waals surface area contributed by atoms with Crippen LogP contribution in [0.5, 0.6) is 11.5 Å². The fourth-order valence-corrected chi connectivity index (χ4v) is 10.5. The van der Waals surface area contributed by atoms with Gasteiger partial charge in [-0.25, -0.2) is 9.46 Å². The molecular formula is C45H61N4O8PSSi. The molecular weight excluding hydrogens is 816 g/mol. The van der Waals surface area contributed by atoms with Gasteiger partial charge in [-0.2, -0.15) is 5.26 Å². The van der Waals surface area contributed by atoms with E-state index < -0.39 is 52.6 Å². The van der Waals surface area contributed by atoms with Crippen LogP contribution < -0.4 is 15.2 Å². The molecule has 1 aliphatic heterocycles. The second-order valence-electron chi connectivity index (χ2n) is 16.9. The molecule has 1 aliphatic rings. The van der Waals surface area contributed by atoms with E-state index in [0.29, 0.717) is 17.1 Å². The van der Waals surface area contributed by atoms with Crippen LogP contribution in [-0.4, -0.2) is 80.8 Å². The molecule has 3 aromatic carbocycles. The van der Waals surface area contributed by atoms with Crippen molar-refractivity contribution < 1.29 is 32.4 Å². The Bertz CT molecular complexity index is 2080. The minimum absolute atomic E-state index is 0.0238. The summed E-state index contributed by atoms with van der Waals surface area (Å²) in [5.41, 5.74) is 1.57. The predicted octanol–water partition coefficient (Wildman–Crippen LogP) is 9.95. The second kappa shape index (κ2) is 20.4. The Balaban J connectivity index is 1.73. The number of nitrogens with zero attached hydrogens (tertiary/aromatic N) is 2. The molecule has 1 fully saturated rings. The number of aromatic nitrogens is 2. The summed E-state index contributed by atoms with van der Waals surface area (Å²) in [6.07, 6.45) is -1.20. The zero-order valence-corrected chi connectivity index (χ0v) is 39.4. The van der Waals surface area contributed by atoms with E-state index in [2.05, 4.69) is 94.4 Å². The molecule has 2 heterocycles. The SMILES string of the molecule is COc1ccc(C(OC[C@H]2O[C@@H](c3c[nH]c(=O)[nH]c3=S)[C@H](O[Si](C)(C)C(C)(C)C)[C@@H]2OP(OCCC#N)N(C(C)C)C(C)C)(c2ccccc2)c2ccc(OC)cc2)cc1. The quantitative estimate of drug-likeness (QED) is 0.0306. The van der Waals surface area contributed by atoms with Crippen molar-refractivity contribution in [2.45, 2.75) is 115 Å². The van der Waals surface area contributed by atoms with Crippen LogP contribution in [0.15, 0.2) is 89.9 Å². The summed E-state index contributed by atoms with van der Waals surface area (Å²) in [6, 6.07) is 28.1. The minimum Gasteiger partial charge on any atom is -0.497 e. The fraction of sp³-hybridized carbons (Fsp3) is 0.489. The number of H-pyrrole nitrogens is 2. The number of nitrogens with one attached hydrogen (secondary N) is 2. The number of hydrogen-bond donors (Lipinski definition) is 2. The number of benzene rings is 3. The van der Waals surface area contributed by atoms with Gasteiger partial charge in [-0.1, -0.05) is 87.6 Å². The standard InChI is InChI=1S/C45H61N4O8PSSi/c1-30(2)49(31(3)4)58(54-27-15-26-46)56-40-38(55-39(37-28-47-43(50)48-42(37)59)41(40)57-60(10,11)44(5,6)7)29-53-45(32-16-13-12-14-17-32,33-18-22-35(51-8)23-19-33)34-20-24-36(52-9)25-21-34/h12-14,16-25,28,30-31,38-41H,15,27,29H2,1-11H3,(H2,47,48,50,59)/t38-,39+,40-,41+,58?/m1/s1. The van der Waals surface area contributed by atoms with Gasteiger partial charge in [-0.05, 0) is 86.8 Å². The fourth-order valence-electron chi connectivity index (χ4n) is 7.20. The van der Waals surface area contributed by atoms with Gasteiger partial charge in [0.2, 0.25) is 0 Å². The Morgan fingerprint density at radius 2 is 1.43 bits per heavy atom. The summed E-state index contributed by atoms with van der Waals surface area (Å²) in [6.45, 7) is 19.5. The van der Waals surface area contributed by atoms with Crippen molar-refractivity contribution >= 4 is 29.1 Å². The van der Waals surface area contributed by atoms with Crippen molar-refractivity contribution in [2.24, 2.45) is 0 Å². The van der Waals surface area contributed by atoms with Gasteiger partial charge in [-0.15, -0.1) is 0 Å². The zero-order chi connectivity index (χ0) is 43.8. The summed E-state index contributed by atoms with van der Waals surface area (Å²) in [4.78, 5) is 18.0. The van der Waals surface area contributed by atoms with Crippen molar-refractivity contribution in [3.05, 3.63) is 122 Å². The van der Waals surface area contributed by atoms with Gasteiger partial charge in [0.25, 0.3) is 8.53 Å². The highest BCUT2D eigenvalue weighted by Gasteiger charge is 2.54. The lowest BCUT2D eigenvalue weighted by Gasteiger charge is -2.42. The Kier molecular flexibility index (Phi) is 16.1. The second-order valence-corrected chi connectivity index (χ2v) is 23.5. The molecule has 4 aromatic rings. The monoisotopic (exact) mass is 876 g/mol. The smallest absolute Gasteiger partial charge is 0.323 e. The van der Waals surface area contributed by atoms with Crippen molar-refractivity contribution in [2.75, 3.05) is 27.4 Å². The van der Waals surface area contributed by atoms with Gasteiger partial charge >= 0.3 is 5.69 Å². The van der Waals surface area contributed by atoms with Crippen LogP contribution in [0.25, 0.3) is 0 Å². The van der Waals surface area contributed by atoms with E-state index in [-0.39, 0.29) is 41.4 Å². The van der Waals surface area contributed by atoms with Crippen molar-refractivity contribution in [1.82, 2.24) is 14.6 Å². The Morgan fingerprint density at radius 3 is 1.92 bits per heavy atom. The largest absolute Gasteiger partial charge is 0.497 e. The topological polar surface area (TPSA) is 140 Å². The van der Waals surface area contributed by atoms with E-state index in [1.165, 1.54) is 0 Å². The van der Waals surface area contributed by atoms with Crippen LogP contribution in [0.2, 0.25) is 18.1 Å². The molecule has 15 heteroatoms. The molecule has 0 radical (unpaired) electrons. The van der Waals surface area contributed by atoms with Crippen LogP contribution in [-0.2, 0) is 28.5 Å². The third-order valence-electron chi connectivity index (χ3n) is 11.2. The Morgan fingerprint density at radius 1 is 0.883 bits per heavy atom. The first kappa shape index (κ1) is 47.3. The average Bonchev–Trinajstić information content (AvgIpc) is 3.53. The first-order chi connectivity index (χ1) is 28.5. The number of aromatic amines is 2. The lowest BCUT2D eigenvalue weighted by Crippen LogP contribution is -2.49. The van der Waals surface area contributed by atoms with Gasteiger partial charge in [0.1, 0.15) is 46.2 Å². The number of hydrogen-bond acceptors (Lipinski definition) is 11. The van der Waals surface area contributed by atoms with E-state index in [9.17, 15) is 10.1 Å². The molecule has 0 amide bonds. The lowest BCUT2D eigenvalue weighted by atomic mass is 9.80. The van der Waals surface area contributed by atoms with E-state index in [1.807, 2.05) is 66.7 Å². The molecule has 0 aliphatic carbocycles. The molecule has 2 N–H and O–H groups in total. The average molecular weight is 877 g/mol. The Labute approximate surface area is 362 Å². The number of methoxy groups -OCH3 is 2. The van der Waals surface area contributed by atoms with Crippen LogP contribution in [0, 0.1) is 16.0 Å². The van der Waals surface area contributed by atoms with Gasteiger partial charge in [-0.3, -0.25) is 4.98 Å². The van der Waals surface area contributed by atoms with Crippen molar-refractivity contribution in [1.29, 1.82) is 5.26 Å². The van der Waals surface area contributed by atoms with E-state index >= 15 is 0 Å². The molecule has 324 valence electrons. The van der Waals surface area contributed by atoms with Crippen molar-refractivity contribution in [3.63, 3.8) is 0 Å². The molecule has 5 rings (SSSR count). The Hall–Kier alpha value is -3.74. The maximum Gasteiger partial charge on any atom is 0.323 e. The number of rotatable bonds is 19. The third kappa shape index (κ3) is 10.6. The molecule has 60 heavy (non-hydrogen) atoms. The lowest BCUT2D eigenvalue weighted by molar-refractivity contribution is -0.0808. The summed E-state index contributed by atoms with van der Waals surface area (Å²) < 4.78 is 49.3. The van der Waals surface area contributed by atoms with Gasteiger partial charge < -0.3 is 37.4 Å². The first-order valence-electron chi connectivity index (χ1n) is 20.4. The summed E-state index contributed by atoms with van der Waals surface area (Å²) in [7, 11) is -1.05. The highest BCUT2D eigenvalue weighted by molar-refractivity contribution is 7.71. The van der Waals surface area contributed by atoms with Gasteiger partial charge in [0.05, 0.1) is 39.9 Å². The molecule has 0 spiro atoms. The maximum absolute atomic E-state index is 12.5. The number of nitriles is 1. The molecule has 1 aromatic heterocycles. The molecule has 5 atom stereocenters. The van der Waals surface area contributed by atoms with Crippen molar-refractivity contribution in [3.8, 4) is 17.6 Å². The third-order valence-corrected chi connectivity index (χ3v) is 18.2. The van der Waals surface area contributed by atoms with Crippen LogP contribution in [0.4, 0.5) is 0 Å². The van der Waals surface area contributed by atoms with Gasteiger partial charge in [0.15, 0.2) is 8.32 Å². The summed E-state index contributed by atoms with van der Waals surface area (Å²) in [5.74, 6) is 1.41. The number of ether oxygens (including phenoxy) is 4. The zero-order valence-electron chi connectivity index (χ0n) is 36.7. The minimum atomic E-state index is -2.56. The normalized spacial score (nSPS) is 19.1. The van der Waals surface area contributed by atoms with E-state index in [1.54, 1.807) is 20.4 Å². The molecule has 12 nitrogen and oxygen atoms in total. The first-order valence-corrected chi connectivity index (χ1v) is 24.8. The summed E-state index contributed by atoms with van der Waals surface area (Å²) >= 11 is 5.79. The molecule has 0 saturated carbocycles. The summed E-state index contributed by atoms with van der Waals surface area (Å²) in [5, 5.41) is 9.33. The highest BCUT2D eigenvalue weighted by atomic mass is 32.1. The predicted molar refractivity (Wildman–Crippen MR) is 240 cm³/mol. The maximum atomic E-state index is 12.5. The molecule has 1 saturated heterocycles. The van der Waals surface area contributed by atoms with Crippen LogP contribution >= 0.6 is 20.7 Å². The highest BCUT2D eigenvalue weighted by Crippen LogP contribution is 2.53. The van der Waals surface area contributed by atoms with Crippen LogP contribution in [0.1, 0.15) is 83.2 Å². The molecule has 0 bridgehead atoms. The van der Waals surface area contributed by atoms with Crippen LogP contribution in [0.3, 0.4) is 0 Å². The molecule has 1 unspecified atom stereocenters. The van der Waals surface area contributed by atoms with Gasteiger partial charge in [0, 0.05) is 23.8 Å². The van der Waals surface area contributed by atoms with E-state index in [4.69, 9.17) is 44.6 Å². The van der Waals surface area contributed by atoms with E-state index in [0.717, 1.165) is 16.7 Å².